The molecule has 0 spiro atoms. The van der Waals surface area contributed by atoms with E-state index in [1.165, 1.54) is 0 Å². The van der Waals surface area contributed by atoms with E-state index in [0.717, 1.165) is 58.5 Å². The molecule has 2 heterocycles. The molecular weight excluding hydrogens is 372 g/mol. The molecule has 0 amide bonds. The molecule has 8 heteroatoms. The van der Waals surface area contributed by atoms with Crippen LogP contribution in [0.5, 0.6) is 0 Å². The van der Waals surface area contributed by atoms with Crippen LogP contribution in [0, 0.1) is 18.8 Å². The number of hydrogen-bond donors (Lipinski definition) is 3. The Balaban J connectivity index is 1.64. The summed E-state index contributed by atoms with van der Waals surface area (Å²) < 4.78 is 0. The number of aliphatic hydroxyl groups excluding tert-OH is 1. The molecule has 2 aromatic rings. The minimum atomic E-state index is -0.155. The quantitative estimate of drug-likeness (QED) is 0.307. The second kappa shape index (κ2) is 8.97. The van der Waals surface area contributed by atoms with Gasteiger partial charge in [0.05, 0.1) is 22.4 Å². The van der Waals surface area contributed by atoms with Gasteiger partial charge in [-0.3, -0.25) is 4.90 Å². The molecule has 5 N–H and O–H groups in total. The molecule has 146 valence electrons. The second-order valence-corrected chi connectivity index (χ2v) is 7.69. The monoisotopic (exact) mass is 396 g/mol. The molecule has 1 aromatic carbocycles. The Morgan fingerprint density at radius 1 is 1.29 bits per heavy atom. The van der Waals surface area contributed by atoms with Gasteiger partial charge in [0.15, 0.2) is 0 Å². The van der Waals surface area contributed by atoms with Gasteiger partial charge in [0.1, 0.15) is 5.01 Å². The average Bonchev–Trinajstić information content (AvgIpc) is 3.03. The molecule has 28 heavy (non-hydrogen) atoms. The Morgan fingerprint density at radius 2 is 2.00 bits per heavy atom. The lowest BCUT2D eigenvalue weighted by Gasteiger charge is -2.35. The van der Waals surface area contributed by atoms with Crippen LogP contribution in [0.4, 0.5) is 0 Å². The van der Waals surface area contributed by atoms with Crippen molar-refractivity contribution in [3.8, 4) is 22.4 Å². The maximum Gasteiger partial charge on any atom is 0.211 e. The van der Waals surface area contributed by atoms with E-state index in [2.05, 4.69) is 31.9 Å². The van der Waals surface area contributed by atoms with Gasteiger partial charge in [-0.05, 0) is 26.0 Å². The van der Waals surface area contributed by atoms with Crippen molar-refractivity contribution in [2.45, 2.75) is 26.4 Å². The molecule has 1 aromatic heterocycles. The fourth-order valence-corrected chi connectivity index (χ4v) is 3.85. The minimum Gasteiger partial charge on any atom is -0.390 e. The minimum absolute atomic E-state index is 0.0686. The van der Waals surface area contributed by atoms with E-state index in [9.17, 15) is 5.11 Å². The van der Waals surface area contributed by atoms with Gasteiger partial charge in [-0.1, -0.05) is 24.0 Å². The van der Waals surface area contributed by atoms with E-state index < -0.39 is 0 Å². The average molecular weight is 397 g/mol. The van der Waals surface area contributed by atoms with Crippen LogP contribution in [0.15, 0.2) is 34.5 Å². The van der Waals surface area contributed by atoms with Gasteiger partial charge in [-0.2, -0.15) is 5.10 Å². The molecule has 0 aliphatic carbocycles. The third kappa shape index (κ3) is 5.16. The number of nitrogens with zero attached hydrogens (tertiary/aromatic N) is 4. The number of nitrogens with two attached hydrogens (primary N) is 2. The van der Waals surface area contributed by atoms with Gasteiger partial charge >= 0.3 is 0 Å². The Kier molecular flexibility index (Phi) is 6.41. The number of likely N-dealkylation sites (tertiary alicyclic amines) is 1. The number of thiazole rings is 1. The predicted molar refractivity (Wildman–Crippen MR) is 114 cm³/mol. The number of β-amino-alcohol motifs (C(OH)–C–C–N with tert-alkyl or cyclic N) is 1. The van der Waals surface area contributed by atoms with Crippen LogP contribution in [-0.2, 0) is 0 Å². The van der Waals surface area contributed by atoms with Gasteiger partial charge in [-0.25, -0.2) is 4.98 Å². The number of hydrogen-bond acceptors (Lipinski definition) is 6. The van der Waals surface area contributed by atoms with Crippen LogP contribution in [0.25, 0.3) is 10.6 Å². The third-order valence-electron chi connectivity index (χ3n) is 4.30. The highest BCUT2D eigenvalue weighted by molar-refractivity contribution is 7.17. The molecule has 3 rings (SSSR count). The smallest absolute Gasteiger partial charge is 0.211 e. The normalized spacial score (nSPS) is 14.9. The van der Waals surface area contributed by atoms with Crippen molar-refractivity contribution in [3.05, 3.63) is 40.4 Å². The van der Waals surface area contributed by atoms with Crippen molar-refractivity contribution in [1.29, 1.82) is 0 Å². The highest BCUT2D eigenvalue weighted by Gasteiger charge is 2.22. The van der Waals surface area contributed by atoms with Crippen LogP contribution in [0.1, 0.15) is 29.5 Å². The fraction of sp³-hybridized carbons (Fsp3) is 0.350. The van der Waals surface area contributed by atoms with Crippen molar-refractivity contribution in [1.82, 2.24) is 9.88 Å². The highest BCUT2D eigenvalue weighted by atomic mass is 32.1. The van der Waals surface area contributed by atoms with Crippen LogP contribution >= 0.6 is 11.3 Å². The molecule has 1 aliphatic heterocycles. The van der Waals surface area contributed by atoms with Crippen LogP contribution in [0.3, 0.4) is 0 Å². The van der Waals surface area contributed by atoms with E-state index in [4.69, 9.17) is 11.5 Å². The Morgan fingerprint density at radius 3 is 2.64 bits per heavy atom. The largest absolute Gasteiger partial charge is 0.390 e. The van der Waals surface area contributed by atoms with Gasteiger partial charge in [-0.15, -0.1) is 16.4 Å². The summed E-state index contributed by atoms with van der Waals surface area (Å²) in [5.41, 5.74) is 14.3. The highest BCUT2D eigenvalue weighted by Crippen LogP contribution is 2.28. The number of benzene rings is 1. The Bertz CT molecular complexity index is 941. The summed E-state index contributed by atoms with van der Waals surface area (Å²) >= 11 is 1.56. The molecule has 1 aliphatic rings. The van der Waals surface area contributed by atoms with Crippen LogP contribution in [-0.4, -0.2) is 52.4 Å². The van der Waals surface area contributed by atoms with Crippen molar-refractivity contribution in [2.75, 3.05) is 19.6 Å². The second-order valence-electron chi connectivity index (χ2n) is 6.69. The summed E-state index contributed by atoms with van der Waals surface area (Å²) in [5.74, 6) is 6.31. The summed E-state index contributed by atoms with van der Waals surface area (Å²) in [7, 11) is 0. The maximum atomic E-state index is 9.27. The number of rotatable bonds is 5. The van der Waals surface area contributed by atoms with Gasteiger partial charge < -0.3 is 16.6 Å². The van der Waals surface area contributed by atoms with E-state index in [1.807, 2.05) is 38.1 Å². The number of aryl methyl sites for hydroxylation is 1. The lowest BCUT2D eigenvalue weighted by atomic mass is 10.1. The zero-order chi connectivity index (χ0) is 20.1. The van der Waals surface area contributed by atoms with E-state index in [0.29, 0.717) is 0 Å². The van der Waals surface area contributed by atoms with Gasteiger partial charge in [0.25, 0.3) is 0 Å². The first kappa shape index (κ1) is 20.0. The van der Waals surface area contributed by atoms with Crippen molar-refractivity contribution >= 4 is 23.0 Å². The Hall–Kier alpha value is -2.73. The first-order chi connectivity index (χ1) is 13.4. The van der Waals surface area contributed by atoms with Crippen LogP contribution in [0.2, 0.25) is 0 Å². The van der Waals surface area contributed by atoms with Gasteiger partial charge in [0.2, 0.25) is 5.96 Å². The van der Waals surface area contributed by atoms with E-state index >= 15 is 0 Å². The lowest BCUT2D eigenvalue weighted by Crippen LogP contribution is -2.50. The summed E-state index contributed by atoms with van der Waals surface area (Å²) in [4.78, 5) is 7.80. The molecule has 0 radical (unpaired) electrons. The van der Waals surface area contributed by atoms with E-state index in [1.54, 1.807) is 11.3 Å². The van der Waals surface area contributed by atoms with Gasteiger partial charge in [0, 0.05) is 37.2 Å². The number of guanidine groups is 1. The van der Waals surface area contributed by atoms with Crippen molar-refractivity contribution in [2.24, 2.45) is 21.7 Å². The third-order valence-corrected chi connectivity index (χ3v) is 5.61. The molecular formula is C20H24N6OS. The van der Waals surface area contributed by atoms with E-state index in [-0.39, 0.29) is 12.1 Å². The summed E-state index contributed by atoms with van der Waals surface area (Å²) in [6.07, 6.45) is 0.648. The molecule has 1 fully saturated rings. The summed E-state index contributed by atoms with van der Waals surface area (Å²) in [6, 6.07) is 8.07. The maximum absolute atomic E-state index is 9.27. The summed E-state index contributed by atoms with van der Waals surface area (Å²) in [5, 5.41) is 17.9. The van der Waals surface area contributed by atoms with Crippen molar-refractivity contribution < 1.29 is 5.11 Å². The molecule has 0 saturated carbocycles. The first-order valence-corrected chi connectivity index (χ1v) is 9.84. The van der Waals surface area contributed by atoms with Crippen molar-refractivity contribution in [3.63, 3.8) is 0 Å². The predicted octanol–water partition coefficient (Wildman–Crippen LogP) is 1.53. The van der Waals surface area contributed by atoms with Crippen LogP contribution < -0.4 is 11.5 Å². The zero-order valence-electron chi connectivity index (χ0n) is 16.0. The summed E-state index contributed by atoms with van der Waals surface area (Å²) in [6.45, 7) is 6.24. The SMILES string of the molecule is C/C(=N\N=C(N)N)c1sc(-c2ccc(C#CCCN3CC(O)C3)cc2)nc1C. The zero-order valence-corrected chi connectivity index (χ0v) is 16.8. The first-order valence-electron chi connectivity index (χ1n) is 9.03. The number of aliphatic hydroxyl groups is 1. The molecule has 1 saturated heterocycles. The number of aromatic nitrogens is 1. The fourth-order valence-electron chi connectivity index (χ4n) is 2.83. The molecule has 0 unspecified atom stereocenters. The Labute approximate surface area is 168 Å². The molecule has 0 bridgehead atoms. The standard InChI is InChI=1S/C20H24N6OS/c1-13-18(14(2)24-25-20(21)22)28-19(23-13)16-8-6-15(7-9-16)5-3-4-10-26-11-17(27)12-26/h6-9,17,27H,4,10-12H2,1-2H3,(H4,21,22,25)/b24-14+. The topological polar surface area (TPSA) is 113 Å². The lowest BCUT2D eigenvalue weighted by molar-refractivity contribution is 0.00379. The molecule has 0 atom stereocenters. The molecule has 7 nitrogen and oxygen atoms in total.